The third-order valence-electron chi connectivity index (χ3n) is 7.61. The lowest BCUT2D eigenvalue weighted by molar-refractivity contribution is -0.140. The first-order valence-electron chi connectivity index (χ1n) is 15.6. The number of hydrogen-bond acceptors (Lipinski definition) is 5. The van der Waals surface area contributed by atoms with E-state index < -0.39 is 28.5 Å². The molecule has 2 amide bonds. The van der Waals surface area contributed by atoms with Crippen molar-refractivity contribution in [2.24, 2.45) is 0 Å². The van der Waals surface area contributed by atoms with E-state index >= 15 is 0 Å². The number of ether oxygens (including phenoxy) is 1. The molecule has 0 fully saturated rings. The number of sulfonamides is 1. The molecule has 1 N–H and O–H groups in total. The lowest BCUT2D eigenvalue weighted by Crippen LogP contribution is -2.53. The van der Waals surface area contributed by atoms with Gasteiger partial charge in [-0.25, -0.2) is 8.42 Å². The number of nitrogens with zero attached hydrogens (tertiary/aromatic N) is 2. The fraction of sp³-hybridized carbons (Fsp3) is 0.278. The first kappa shape index (κ1) is 37.3. The number of hydrogen-bond donors (Lipinski definition) is 1. The average molecular weight is 776 g/mol. The molecule has 0 aliphatic rings. The highest BCUT2D eigenvalue weighted by Gasteiger charge is 2.35. The molecule has 0 saturated carbocycles. The van der Waals surface area contributed by atoms with Gasteiger partial charge in [0.25, 0.3) is 10.0 Å². The number of carbonyl (C=O) groups is 2. The van der Waals surface area contributed by atoms with Crippen molar-refractivity contribution in [2.45, 2.75) is 50.6 Å². The van der Waals surface area contributed by atoms with Crippen LogP contribution in [0.2, 0.25) is 10.0 Å². The molecule has 254 valence electrons. The molecular formula is C36H38BrCl2N3O5S. The van der Waals surface area contributed by atoms with Crippen molar-refractivity contribution >= 4 is 66.7 Å². The third kappa shape index (κ3) is 9.75. The number of halogens is 3. The lowest BCUT2D eigenvalue weighted by Gasteiger charge is -2.34. The second kappa shape index (κ2) is 17.7. The minimum absolute atomic E-state index is 0.00812. The van der Waals surface area contributed by atoms with Crippen molar-refractivity contribution in [1.82, 2.24) is 10.2 Å². The first-order chi connectivity index (χ1) is 23.0. The van der Waals surface area contributed by atoms with E-state index in [1.807, 2.05) is 44.2 Å². The van der Waals surface area contributed by atoms with Crippen LogP contribution in [-0.2, 0) is 32.6 Å². The Bertz CT molecular complexity index is 1760. The average Bonchev–Trinajstić information content (AvgIpc) is 3.07. The van der Waals surface area contributed by atoms with Gasteiger partial charge in [-0.15, -0.1) is 0 Å². The summed E-state index contributed by atoms with van der Waals surface area (Å²) in [4.78, 5) is 29.9. The van der Waals surface area contributed by atoms with Crippen molar-refractivity contribution < 1.29 is 22.7 Å². The van der Waals surface area contributed by atoms with E-state index in [9.17, 15) is 18.0 Å². The molecule has 0 aliphatic carbocycles. The number of carbonyl (C=O) groups excluding carboxylic acids is 2. The summed E-state index contributed by atoms with van der Waals surface area (Å²) in [6.45, 7) is 3.98. The summed E-state index contributed by atoms with van der Waals surface area (Å²) in [5.41, 5.74) is 1.51. The van der Waals surface area contributed by atoms with Crippen LogP contribution in [0.5, 0.6) is 5.75 Å². The monoisotopic (exact) mass is 773 g/mol. The fourth-order valence-electron chi connectivity index (χ4n) is 5.05. The second-order valence-corrected chi connectivity index (χ2v) is 14.6. The predicted octanol–water partition coefficient (Wildman–Crippen LogP) is 7.91. The van der Waals surface area contributed by atoms with Gasteiger partial charge >= 0.3 is 0 Å². The van der Waals surface area contributed by atoms with Gasteiger partial charge in [0.1, 0.15) is 18.3 Å². The van der Waals surface area contributed by atoms with Crippen molar-refractivity contribution in [1.29, 1.82) is 0 Å². The van der Waals surface area contributed by atoms with Crippen LogP contribution in [0.1, 0.15) is 37.8 Å². The van der Waals surface area contributed by atoms with Crippen LogP contribution in [0.3, 0.4) is 0 Å². The van der Waals surface area contributed by atoms with Gasteiger partial charge in [0.05, 0.1) is 17.2 Å². The zero-order valence-corrected chi connectivity index (χ0v) is 30.7. The van der Waals surface area contributed by atoms with Gasteiger partial charge in [-0.2, -0.15) is 0 Å². The Morgan fingerprint density at radius 2 is 1.52 bits per heavy atom. The maximum atomic E-state index is 14.6. The molecule has 8 nitrogen and oxygen atoms in total. The Labute approximate surface area is 301 Å². The zero-order chi connectivity index (χ0) is 34.7. The van der Waals surface area contributed by atoms with E-state index in [2.05, 4.69) is 21.2 Å². The van der Waals surface area contributed by atoms with Crippen molar-refractivity contribution in [3.63, 3.8) is 0 Å². The molecule has 12 heteroatoms. The van der Waals surface area contributed by atoms with Crippen LogP contribution in [0.4, 0.5) is 5.69 Å². The molecule has 0 spiro atoms. The SMILES string of the molecule is CCCCNC(=O)[C@@H](Cc1ccccc1)N(Cc1c(Cl)cccc1Cl)C(=O)CN(c1ccc(OCC)cc1)S(=O)(=O)c1ccc(Br)cc1. The van der Waals surface area contributed by atoms with Crippen LogP contribution in [0.25, 0.3) is 0 Å². The van der Waals surface area contributed by atoms with Crippen LogP contribution in [0.15, 0.2) is 106 Å². The van der Waals surface area contributed by atoms with E-state index in [-0.39, 0.29) is 29.5 Å². The molecule has 0 heterocycles. The van der Waals surface area contributed by atoms with Crippen LogP contribution in [0, 0.1) is 0 Å². The van der Waals surface area contributed by atoms with Gasteiger partial charge in [-0.3, -0.25) is 13.9 Å². The largest absolute Gasteiger partial charge is 0.494 e. The van der Waals surface area contributed by atoms with Gasteiger partial charge < -0.3 is 15.0 Å². The Morgan fingerprint density at radius 3 is 2.12 bits per heavy atom. The summed E-state index contributed by atoms with van der Waals surface area (Å²) in [6.07, 6.45) is 1.80. The highest BCUT2D eigenvalue weighted by atomic mass is 79.9. The normalized spacial score (nSPS) is 11.9. The predicted molar refractivity (Wildman–Crippen MR) is 195 cm³/mol. The van der Waals surface area contributed by atoms with Crippen molar-refractivity contribution in [3.05, 3.63) is 123 Å². The molecule has 0 radical (unpaired) electrons. The maximum Gasteiger partial charge on any atom is 0.264 e. The minimum Gasteiger partial charge on any atom is -0.494 e. The van der Waals surface area contributed by atoms with Crippen LogP contribution in [-0.4, -0.2) is 50.9 Å². The molecule has 48 heavy (non-hydrogen) atoms. The Kier molecular flexibility index (Phi) is 13.8. The second-order valence-electron chi connectivity index (χ2n) is 11.0. The fourth-order valence-corrected chi connectivity index (χ4v) is 7.25. The van der Waals surface area contributed by atoms with Crippen molar-refractivity contribution in [2.75, 3.05) is 24.0 Å². The number of amides is 2. The molecule has 4 rings (SSSR count). The summed E-state index contributed by atoms with van der Waals surface area (Å²) in [6, 6.07) is 26.0. The quantitative estimate of drug-likeness (QED) is 0.117. The summed E-state index contributed by atoms with van der Waals surface area (Å²) in [5, 5.41) is 3.60. The number of unbranched alkanes of at least 4 members (excludes halogenated alkanes) is 1. The Hall–Kier alpha value is -3.57. The number of anilines is 1. The highest BCUT2D eigenvalue weighted by Crippen LogP contribution is 2.30. The van der Waals surface area contributed by atoms with E-state index in [1.54, 1.807) is 54.6 Å². The Balaban J connectivity index is 1.82. The minimum atomic E-state index is -4.26. The zero-order valence-electron chi connectivity index (χ0n) is 26.7. The molecule has 4 aromatic carbocycles. The summed E-state index contributed by atoms with van der Waals surface area (Å²) in [7, 11) is -4.26. The lowest BCUT2D eigenvalue weighted by atomic mass is 10.0. The third-order valence-corrected chi connectivity index (χ3v) is 10.6. The van der Waals surface area contributed by atoms with Crippen LogP contribution >= 0.6 is 39.1 Å². The standard InChI is InChI=1S/C36H38BrCl2N3O5S/c1-3-5-22-40-36(44)34(23-26-10-7-6-8-11-26)41(24-31-32(38)12-9-13-33(31)39)35(43)25-42(28-16-18-29(19-17-28)47-4-2)48(45,46)30-20-14-27(37)15-21-30/h6-21,34H,3-5,22-25H2,1-2H3,(H,40,44)/t34-/m1/s1. The Morgan fingerprint density at radius 1 is 0.875 bits per heavy atom. The number of benzene rings is 4. The van der Waals surface area contributed by atoms with Gasteiger partial charge in [0.15, 0.2) is 0 Å². The van der Waals surface area contributed by atoms with E-state index in [0.717, 1.165) is 22.7 Å². The van der Waals surface area contributed by atoms with Gasteiger partial charge in [-0.05, 0) is 79.6 Å². The smallest absolute Gasteiger partial charge is 0.264 e. The molecule has 0 bridgehead atoms. The summed E-state index contributed by atoms with van der Waals surface area (Å²) in [5.74, 6) is -0.436. The highest BCUT2D eigenvalue weighted by molar-refractivity contribution is 9.10. The van der Waals surface area contributed by atoms with Crippen molar-refractivity contribution in [3.8, 4) is 5.75 Å². The van der Waals surface area contributed by atoms with Crippen LogP contribution < -0.4 is 14.4 Å². The summed E-state index contributed by atoms with van der Waals surface area (Å²) >= 11 is 16.5. The first-order valence-corrected chi connectivity index (χ1v) is 18.6. The molecule has 0 unspecified atom stereocenters. The van der Waals surface area contributed by atoms with E-state index in [0.29, 0.717) is 39.0 Å². The molecule has 1 atom stereocenters. The molecule has 0 aliphatic heterocycles. The molecule has 0 aromatic heterocycles. The molecular weight excluding hydrogens is 737 g/mol. The molecule has 4 aromatic rings. The number of nitrogens with one attached hydrogen (secondary N) is 1. The maximum absolute atomic E-state index is 14.6. The van der Waals surface area contributed by atoms with Gasteiger partial charge in [0, 0.05) is 39.6 Å². The molecule has 0 saturated heterocycles. The van der Waals surface area contributed by atoms with E-state index in [4.69, 9.17) is 27.9 Å². The van der Waals surface area contributed by atoms with Gasteiger partial charge in [0.2, 0.25) is 11.8 Å². The summed E-state index contributed by atoms with van der Waals surface area (Å²) < 4.78 is 35.8. The van der Waals surface area contributed by atoms with Gasteiger partial charge in [-0.1, -0.05) is 88.9 Å². The number of rotatable bonds is 16. The van der Waals surface area contributed by atoms with E-state index in [1.165, 1.54) is 17.0 Å². The topological polar surface area (TPSA) is 96.0 Å².